The van der Waals surface area contributed by atoms with Crippen LogP contribution in [0, 0.1) is 0 Å². The van der Waals surface area contributed by atoms with Crippen LogP contribution in [0.5, 0.6) is 17.2 Å². The second kappa shape index (κ2) is 7.36. The van der Waals surface area contributed by atoms with E-state index < -0.39 is 0 Å². The first-order valence-corrected chi connectivity index (χ1v) is 7.47. The molecule has 0 aliphatic heterocycles. The normalized spacial score (nSPS) is 15.5. The van der Waals surface area contributed by atoms with Crippen LogP contribution in [0.3, 0.4) is 0 Å². The number of hydrogen-bond donors (Lipinski definition) is 1. The van der Waals surface area contributed by atoms with Crippen LogP contribution in [0.4, 0.5) is 0 Å². The highest BCUT2D eigenvalue weighted by Crippen LogP contribution is 2.44. The number of ether oxygens (including phenoxy) is 3. The van der Waals surface area contributed by atoms with E-state index in [0.717, 1.165) is 30.7 Å². The van der Waals surface area contributed by atoms with Gasteiger partial charge in [0.25, 0.3) is 0 Å². The Labute approximate surface area is 127 Å². The highest BCUT2D eigenvalue weighted by Gasteiger charge is 2.25. The molecule has 1 aromatic rings. The minimum Gasteiger partial charge on any atom is -0.493 e. The summed E-state index contributed by atoms with van der Waals surface area (Å²) in [6.07, 6.45) is 5.86. The molecule has 0 aromatic heterocycles. The average Bonchev–Trinajstić information content (AvgIpc) is 3.05. The molecule has 2 rings (SSSR count). The van der Waals surface area contributed by atoms with Gasteiger partial charge in [0.1, 0.15) is 0 Å². The molecule has 0 saturated carbocycles. The monoisotopic (exact) mass is 291 g/mol. The molecule has 0 bridgehead atoms. The zero-order valence-electron chi connectivity index (χ0n) is 13.4. The molecule has 1 unspecified atom stereocenters. The number of rotatable bonds is 7. The van der Waals surface area contributed by atoms with Crippen LogP contribution in [0.15, 0.2) is 23.8 Å². The Bertz CT molecular complexity index is 511. The Hall–Kier alpha value is -1.68. The maximum atomic E-state index is 5.62. The van der Waals surface area contributed by atoms with E-state index in [1.807, 2.05) is 6.07 Å². The fourth-order valence-corrected chi connectivity index (χ4v) is 2.95. The Balaban J connectivity index is 2.49. The van der Waals surface area contributed by atoms with Gasteiger partial charge in [-0.3, -0.25) is 0 Å². The van der Waals surface area contributed by atoms with Gasteiger partial charge in [-0.25, -0.2) is 0 Å². The maximum Gasteiger partial charge on any atom is 0.203 e. The lowest BCUT2D eigenvalue weighted by molar-refractivity contribution is 0.320. The summed E-state index contributed by atoms with van der Waals surface area (Å²) in [5.74, 6) is 2.09. The van der Waals surface area contributed by atoms with E-state index in [0.29, 0.717) is 11.5 Å². The van der Waals surface area contributed by atoms with Crippen molar-refractivity contribution in [1.29, 1.82) is 0 Å². The van der Waals surface area contributed by atoms with Crippen LogP contribution in [0.2, 0.25) is 0 Å². The van der Waals surface area contributed by atoms with Crippen LogP contribution >= 0.6 is 0 Å². The Morgan fingerprint density at radius 2 is 1.86 bits per heavy atom. The van der Waals surface area contributed by atoms with Gasteiger partial charge in [0.15, 0.2) is 11.5 Å². The second-order valence-electron chi connectivity index (χ2n) is 5.09. The summed E-state index contributed by atoms with van der Waals surface area (Å²) in [6.45, 7) is 3.02. The number of benzene rings is 1. The van der Waals surface area contributed by atoms with E-state index in [1.165, 1.54) is 12.0 Å². The molecule has 1 aliphatic rings. The maximum absolute atomic E-state index is 5.62. The molecule has 1 atom stereocenters. The highest BCUT2D eigenvalue weighted by atomic mass is 16.5. The molecule has 116 valence electrons. The molecule has 1 aliphatic carbocycles. The third kappa shape index (κ3) is 3.16. The number of allylic oxidation sites excluding steroid dienone is 1. The average molecular weight is 291 g/mol. The van der Waals surface area contributed by atoms with Crippen molar-refractivity contribution in [1.82, 2.24) is 5.32 Å². The summed E-state index contributed by atoms with van der Waals surface area (Å²) >= 11 is 0. The van der Waals surface area contributed by atoms with Gasteiger partial charge < -0.3 is 19.5 Å². The number of methoxy groups -OCH3 is 3. The molecule has 0 saturated heterocycles. The Kier molecular flexibility index (Phi) is 5.51. The van der Waals surface area contributed by atoms with E-state index in [2.05, 4.69) is 24.4 Å². The zero-order valence-corrected chi connectivity index (χ0v) is 13.4. The third-order valence-electron chi connectivity index (χ3n) is 3.90. The van der Waals surface area contributed by atoms with Gasteiger partial charge >= 0.3 is 0 Å². The van der Waals surface area contributed by atoms with Crippen molar-refractivity contribution in [3.8, 4) is 17.2 Å². The van der Waals surface area contributed by atoms with Crippen molar-refractivity contribution in [2.45, 2.75) is 32.2 Å². The Morgan fingerprint density at radius 3 is 2.38 bits per heavy atom. The molecular formula is C17H25NO3. The SMILES string of the molecule is CCNC(C1=CCCC1)c1ccc(OC)c(OC)c1OC. The van der Waals surface area contributed by atoms with Gasteiger partial charge in [0.05, 0.1) is 27.4 Å². The smallest absolute Gasteiger partial charge is 0.203 e. The van der Waals surface area contributed by atoms with Crippen LogP contribution in [-0.4, -0.2) is 27.9 Å². The first-order valence-electron chi connectivity index (χ1n) is 7.47. The van der Waals surface area contributed by atoms with Crippen molar-refractivity contribution in [3.63, 3.8) is 0 Å². The number of likely N-dealkylation sites (N-methyl/N-ethyl adjacent to an activating group) is 1. The number of hydrogen-bond acceptors (Lipinski definition) is 4. The van der Waals surface area contributed by atoms with Crippen molar-refractivity contribution in [2.24, 2.45) is 0 Å². The van der Waals surface area contributed by atoms with Gasteiger partial charge in [-0.1, -0.05) is 18.6 Å². The van der Waals surface area contributed by atoms with Gasteiger partial charge in [-0.15, -0.1) is 0 Å². The van der Waals surface area contributed by atoms with Crippen LogP contribution in [0.25, 0.3) is 0 Å². The predicted molar refractivity (Wildman–Crippen MR) is 84.4 cm³/mol. The summed E-state index contributed by atoms with van der Waals surface area (Å²) in [7, 11) is 4.95. The van der Waals surface area contributed by atoms with E-state index >= 15 is 0 Å². The fraction of sp³-hybridized carbons (Fsp3) is 0.529. The summed E-state index contributed by atoms with van der Waals surface area (Å²) in [5.41, 5.74) is 2.53. The molecule has 21 heavy (non-hydrogen) atoms. The highest BCUT2D eigenvalue weighted by molar-refractivity contribution is 5.58. The van der Waals surface area contributed by atoms with Crippen molar-refractivity contribution < 1.29 is 14.2 Å². The van der Waals surface area contributed by atoms with E-state index in [-0.39, 0.29) is 6.04 Å². The number of nitrogens with one attached hydrogen (secondary N) is 1. The molecule has 4 nitrogen and oxygen atoms in total. The lowest BCUT2D eigenvalue weighted by atomic mass is 9.96. The zero-order chi connectivity index (χ0) is 15.2. The summed E-state index contributed by atoms with van der Waals surface area (Å²) in [6, 6.07) is 4.18. The van der Waals surface area contributed by atoms with E-state index in [4.69, 9.17) is 14.2 Å². The van der Waals surface area contributed by atoms with Gasteiger partial charge in [0, 0.05) is 5.56 Å². The molecule has 0 amide bonds. The van der Waals surface area contributed by atoms with Crippen LogP contribution < -0.4 is 19.5 Å². The largest absolute Gasteiger partial charge is 0.493 e. The molecule has 0 spiro atoms. The van der Waals surface area contributed by atoms with Gasteiger partial charge in [-0.2, -0.15) is 0 Å². The van der Waals surface area contributed by atoms with Crippen molar-refractivity contribution in [3.05, 3.63) is 29.3 Å². The molecule has 4 heteroatoms. The first kappa shape index (κ1) is 15.7. The molecule has 0 radical (unpaired) electrons. The summed E-state index contributed by atoms with van der Waals surface area (Å²) in [4.78, 5) is 0. The lowest BCUT2D eigenvalue weighted by Crippen LogP contribution is -2.23. The minimum atomic E-state index is 0.173. The van der Waals surface area contributed by atoms with Gasteiger partial charge in [0.2, 0.25) is 5.75 Å². The fourth-order valence-electron chi connectivity index (χ4n) is 2.95. The Morgan fingerprint density at radius 1 is 1.10 bits per heavy atom. The van der Waals surface area contributed by atoms with E-state index in [1.54, 1.807) is 21.3 Å². The predicted octanol–water partition coefficient (Wildman–Crippen LogP) is 3.47. The molecule has 1 aromatic carbocycles. The van der Waals surface area contributed by atoms with Crippen LogP contribution in [-0.2, 0) is 0 Å². The summed E-state index contributed by atoms with van der Waals surface area (Å²) in [5, 5.41) is 3.56. The molecular weight excluding hydrogens is 266 g/mol. The lowest BCUT2D eigenvalue weighted by Gasteiger charge is -2.24. The topological polar surface area (TPSA) is 39.7 Å². The minimum absolute atomic E-state index is 0.173. The summed E-state index contributed by atoms with van der Waals surface area (Å²) < 4.78 is 16.5. The quantitative estimate of drug-likeness (QED) is 0.781. The van der Waals surface area contributed by atoms with Gasteiger partial charge in [-0.05, 0) is 37.9 Å². The second-order valence-corrected chi connectivity index (χ2v) is 5.09. The van der Waals surface area contributed by atoms with Crippen LogP contribution in [0.1, 0.15) is 37.8 Å². The standard InChI is InChI=1S/C17H25NO3/c1-5-18-15(12-8-6-7-9-12)13-10-11-14(19-2)17(21-4)16(13)20-3/h8,10-11,15,18H,5-7,9H2,1-4H3. The molecule has 0 fully saturated rings. The van der Waals surface area contributed by atoms with E-state index in [9.17, 15) is 0 Å². The first-order chi connectivity index (χ1) is 10.3. The third-order valence-corrected chi connectivity index (χ3v) is 3.90. The van der Waals surface area contributed by atoms with Crippen molar-refractivity contribution >= 4 is 0 Å². The van der Waals surface area contributed by atoms with Crippen molar-refractivity contribution in [2.75, 3.05) is 27.9 Å². The molecule has 1 N–H and O–H groups in total. The molecule has 0 heterocycles.